The maximum Gasteiger partial charge on any atom is 0.313 e. The fourth-order valence-corrected chi connectivity index (χ4v) is 1.53. The molecule has 0 radical (unpaired) electrons. The van der Waals surface area contributed by atoms with E-state index in [0.717, 1.165) is 5.56 Å². The number of nitrogens with zero attached hydrogens (tertiary/aromatic N) is 1. The molecule has 1 aromatic rings. The van der Waals surface area contributed by atoms with Crippen LogP contribution in [0, 0.1) is 16.0 Å². The average Bonchev–Trinajstić information content (AvgIpc) is 2.25. The fourth-order valence-electron chi connectivity index (χ4n) is 1.53. The van der Waals surface area contributed by atoms with E-state index in [0.29, 0.717) is 0 Å². The summed E-state index contributed by atoms with van der Waals surface area (Å²) in [5, 5.41) is 10.4. The Morgan fingerprint density at radius 3 is 2.33 bits per heavy atom. The SMILES string of the molecule is C[C@@H]1C(=O)O[C@@H]1c1ccc([N+](=O)[O-])cc1. The van der Waals surface area contributed by atoms with Gasteiger partial charge >= 0.3 is 5.97 Å². The van der Waals surface area contributed by atoms with E-state index >= 15 is 0 Å². The first-order valence-corrected chi connectivity index (χ1v) is 4.54. The largest absolute Gasteiger partial charge is 0.456 e. The molecule has 1 heterocycles. The molecule has 1 aliphatic rings. The lowest BCUT2D eigenvalue weighted by molar-refractivity contribution is -0.384. The van der Waals surface area contributed by atoms with Crippen molar-refractivity contribution >= 4 is 11.7 Å². The molecule has 1 aliphatic heterocycles. The highest BCUT2D eigenvalue weighted by Crippen LogP contribution is 2.36. The minimum absolute atomic E-state index is 0.0389. The molecule has 78 valence electrons. The number of hydrogen-bond donors (Lipinski definition) is 0. The molecule has 0 aromatic heterocycles. The molecular weight excluding hydrogens is 198 g/mol. The second-order valence-corrected chi connectivity index (χ2v) is 3.49. The monoisotopic (exact) mass is 207 g/mol. The molecule has 0 saturated carbocycles. The zero-order chi connectivity index (χ0) is 11.0. The van der Waals surface area contributed by atoms with Crippen molar-refractivity contribution in [3.05, 3.63) is 39.9 Å². The lowest BCUT2D eigenvalue weighted by Crippen LogP contribution is -2.36. The maximum atomic E-state index is 10.9. The lowest BCUT2D eigenvalue weighted by Gasteiger charge is -2.32. The number of non-ortho nitro benzene ring substituents is 1. The summed E-state index contributed by atoms with van der Waals surface area (Å²) in [7, 11) is 0. The van der Waals surface area contributed by atoms with Gasteiger partial charge in [0, 0.05) is 12.1 Å². The van der Waals surface area contributed by atoms with Crippen LogP contribution >= 0.6 is 0 Å². The van der Waals surface area contributed by atoms with Gasteiger partial charge in [0.1, 0.15) is 6.10 Å². The number of carbonyl (C=O) groups is 1. The van der Waals surface area contributed by atoms with Crippen molar-refractivity contribution < 1.29 is 14.5 Å². The highest BCUT2D eigenvalue weighted by molar-refractivity contribution is 5.78. The van der Waals surface area contributed by atoms with Gasteiger partial charge in [-0.15, -0.1) is 0 Å². The molecule has 5 nitrogen and oxygen atoms in total. The van der Waals surface area contributed by atoms with Crippen LogP contribution in [0.25, 0.3) is 0 Å². The highest BCUT2D eigenvalue weighted by atomic mass is 16.6. The first kappa shape index (κ1) is 9.64. The van der Waals surface area contributed by atoms with E-state index in [1.807, 2.05) is 0 Å². The number of ether oxygens (including phenoxy) is 1. The summed E-state index contributed by atoms with van der Waals surface area (Å²) < 4.78 is 4.93. The summed E-state index contributed by atoms with van der Waals surface area (Å²) in [5.74, 6) is -0.384. The van der Waals surface area contributed by atoms with Crippen LogP contribution in [0.15, 0.2) is 24.3 Å². The van der Waals surface area contributed by atoms with Gasteiger partial charge in [0.25, 0.3) is 5.69 Å². The van der Waals surface area contributed by atoms with Crippen molar-refractivity contribution in [1.29, 1.82) is 0 Å². The van der Waals surface area contributed by atoms with Gasteiger partial charge in [-0.1, -0.05) is 0 Å². The summed E-state index contributed by atoms with van der Waals surface area (Å²) >= 11 is 0. The molecule has 0 bridgehead atoms. The fraction of sp³-hybridized carbons (Fsp3) is 0.300. The molecule has 2 atom stereocenters. The third kappa shape index (κ3) is 1.56. The van der Waals surface area contributed by atoms with Crippen molar-refractivity contribution in [2.75, 3.05) is 0 Å². The van der Waals surface area contributed by atoms with Crippen LogP contribution in [0.3, 0.4) is 0 Å². The molecule has 5 heteroatoms. The van der Waals surface area contributed by atoms with Crippen LogP contribution in [0.1, 0.15) is 18.6 Å². The van der Waals surface area contributed by atoms with Crippen LogP contribution in [-0.4, -0.2) is 10.9 Å². The van der Waals surface area contributed by atoms with Gasteiger partial charge in [0.15, 0.2) is 0 Å². The van der Waals surface area contributed by atoms with Crippen molar-refractivity contribution in [3.63, 3.8) is 0 Å². The normalized spacial score (nSPS) is 24.2. The Hall–Kier alpha value is -1.91. The standard InChI is InChI=1S/C10H9NO4/c1-6-9(15-10(6)12)7-2-4-8(5-3-7)11(13)14/h2-6,9H,1H3/t6-,9-/m0/s1. The van der Waals surface area contributed by atoms with Gasteiger partial charge in [0.05, 0.1) is 10.8 Å². The van der Waals surface area contributed by atoms with Crippen molar-refractivity contribution in [2.45, 2.75) is 13.0 Å². The Labute approximate surface area is 85.8 Å². The van der Waals surface area contributed by atoms with Gasteiger partial charge < -0.3 is 4.74 Å². The minimum Gasteiger partial charge on any atom is -0.456 e. The van der Waals surface area contributed by atoms with Crippen LogP contribution in [0.2, 0.25) is 0 Å². The van der Waals surface area contributed by atoms with E-state index in [1.54, 1.807) is 19.1 Å². The van der Waals surface area contributed by atoms with E-state index in [-0.39, 0.29) is 23.7 Å². The Balaban J connectivity index is 2.18. The predicted octanol–water partition coefficient (Wildman–Crippen LogP) is 1.83. The van der Waals surface area contributed by atoms with Gasteiger partial charge in [-0.2, -0.15) is 0 Å². The Bertz CT molecular complexity index is 412. The third-order valence-corrected chi connectivity index (χ3v) is 2.50. The molecule has 1 aromatic carbocycles. The number of nitro benzene ring substituents is 1. The van der Waals surface area contributed by atoms with Crippen LogP contribution in [0.5, 0.6) is 0 Å². The van der Waals surface area contributed by atoms with Crippen LogP contribution < -0.4 is 0 Å². The number of cyclic esters (lactones) is 1. The first-order chi connectivity index (χ1) is 7.09. The zero-order valence-corrected chi connectivity index (χ0v) is 8.04. The van der Waals surface area contributed by atoms with Gasteiger partial charge in [-0.3, -0.25) is 14.9 Å². The second-order valence-electron chi connectivity index (χ2n) is 3.49. The number of nitro groups is 1. The summed E-state index contributed by atoms with van der Waals surface area (Å²) in [6.45, 7) is 1.78. The van der Waals surface area contributed by atoms with Gasteiger partial charge in [0.2, 0.25) is 0 Å². The molecule has 1 fully saturated rings. The first-order valence-electron chi connectivity index (χ1n) is 4.54. The van der Waals surface area contributed by atoms with Crippen LogP contribution in [0.4, 0.5) is 5.69 Å². The van der Waals surface area contributed by atoms with Crippen molar-refractivity contribution in [3.8, 4) is 0 Å². The number of carbonyl (C=O) groups excluding carboxylic acids is 1. The molecule has 15 heavy (non-hydrogen) atoms. The number of hydrogen-bond acceptors (Lipinski definition) is 4. The van der Waals surface area contributed by atoms with Crippen molar-refractivity contribution in [1.82, 2.24) is 0 Å². The molecule has 0 N–H and O–H groups in total. The van der Waals surface area contributed by atoms with Gasteiger partial charge in [-0.25, -0.2) is 0 Å². The molecule has 0 aliphatic carbocycles. The van der Waals surface area contributed by atoms with Gasteiger partial charge in [-0.05, 0) is 24.6 Å². The summed E-state index contributed by atoms with van der Waals surface area (Å²) in [4.78, 5) is 20.8. The molecular formula is C10H9NO4. The Morgan fingerprint density at radius 2 is 1.93 bits per heavy atom. The van der Waals surface area contributed by atoms with Crippen molar-refractivity contribution in [2.24, 2.45) is 5.92 Å². The highest BCUT2D eigenvalue weighted by Gasteiger charge is 2.39. The lowest BCUT2D eigenvalue weighted by atomic mass is 9.92. The Morgan fingerprint density at radius 1 is 1.33 bits per heavy atom. The summed E-state index contributed by atoms with van der Waals surface area (Å²) in [5.41, 5.74) is 0.838. The Kier molecular flexibility index (Phi) is 2.15. The number of rotatable bonds is 2. The zero-order valence-electron chi connectivity index (χ0n) is 8.04. The molecule has 1 saturated heterocycles. The smallest absolute Gasteiger partial charge is 0.313 e. The molecule has 0 spiro atoms. The minimum atomic E-state index is -0.458. The van der Waals surface area contributed by atoms with E-state index in [1.165, 1.54) is 12.1 Å². The van der Waals surface area contributed by atoms with Crippen LogP contribution in [-0.2, 0) is 9.53 Å². The third-order valence-electron chi connectivity index (χ3n) is 2.50. The maximum absolute atomic E-state index is 10.9. The quantitative estimate of drug-likeness (QED) is 0.421. The topological polar surface area (TPSA) is 69.4 Å². The van der Waals surface area contributed by atoms with E-state index in [4.69, 9.17) is 4.74 Å². The molecule has 0 amide bonds. The summed E-state index contributed by atoms with van der Waals surface area (Å²) in [6.07, 6.45) is -0.252. The molecule has 0 unspecified atom stereocenters. The van der Waals surface area contributed by atoms with E-state index in [9.17, 15) is 14.9 Å². The summed E-state index contributed by atoms with van der Waals surface area (Å²) in [6, 6.07) is 6.06. The molecule has 2 rings (SSSR count). The predicted molar refractivity (Wildman–Crippen MR) is 51.1 cm³/mol. The van der Waals surface area contributed by atoms with E-state index < -0.39 is 4.92 Å². The second kappa shape index (κ2) is 3.34. The average molecular weight is 207 g/mol. The number of benzene rings is 1. The number of esters is 1. The van der Waals surface area contributed by atoms with E-state index in [2.05, 4.69) is 0 Å².